The van der Waals surface area contributed by atoms with Crippen molar-refractivity contribution in [1.29, 1.82) is 0 Å². The molecule has 1 unspecified atom stereocenters. The summed E-state index contributed by atoms with van der Waals surface area (Å²) in [4.78, 5) is 12.2. The van der Waals surface area contributed by atoms with Crippen LogP contribution in [0.25, 0.3) is 0 Å². The maximum atomic E-state index is 12.2. The van der Waals surface area contributed by atoms with Crippen LogP contribution in [0.4, 0.5) is 0 Å². The Hall–Kier alpha value is -0.570. The lowest BCUT2D eigenvalue weighted by Crippen LogP contribution is -2.41. The Morgan fingerprint density at radius 1 is 1.24 bits per heavy atom. The van der Waals surface area contributed by atoms with Crippen molar-refractivity contribution >= 4 is 5.91 Å². The summed E-state index contributed by atoms with van der Waals surface area (Å²) in [6, 6.07) is 0. The molecule has 102 valence electrons. The summed E-state index contributed by atoms with van der Waals surface area (Å²) in [7, 11) is 0. The molecule has 3 nitrogen and oxygen atoms in total. The van der Waals surface area contributed by atoms with Crippen LogP contribution in [0.2, 0.25) is 0 Å². The van der Waals surface area contributed by atoms with Gasteiger partial charge in [-0.05, 0) is 17.3 Å². The number of hydrogen-bond acceptors (Lipinski definition) is 2. The fourth-order valence-electron chi connectivity index (χ4n) is 1.88. The minimum Gasteiger partial charge on any atom is -0.395 e. The van der Waals surface area contributed by atoms with E-state index in [2.05, 4.69) is 46.9 Å². The summed E-state index contributed by atoms with van der Waals surface area (Å²) in [6.45, 7) is 13.2. The number of carbonyl (C=O) groups excluding carboxylic acids is 1. The van der Waals surface area contributed by atoms with E-state index in [-0.39, 0.29) is 29.3 Å². The van der Waals surface area contributed by atoms with Gasteiger partial charge in [-0.25, -0.2) is 0 Å². The number of aliphatic hydroxyl groups is 1. The van der Waals surface area contributed by atoms with Crippen LogP contribution < -0.4 is 5.32 Å². The predicted octanol–water partition coefficient (Wildman–Crippen LogP) is 2.58. The van der Waals surface area contributed by atoms with E-state index in [9.17, 15) is 4.79 Å². The van der Waals surface area contributed by atoms with Crippen molar-refractivity contribution in [2.75, 3.05) is 13.2 Å². The van der Waals surface area contributed by atoms with Crippen molar-refractivity contribution in [3.8, 4) is 0 Å². The second-order valence-electron chi connectivity index (χ2n) is 6.67. The summed E-state index contributed by atoms with van der Waals surface area (Å²) >= 11 is 0. The van der Waals surface area contributed by atoms with Gasteiger partial charge >= 0.3 is 0 Å². The highest BCUT2D eigenvalue weighted by atomic mass is 16.3. The first kappa shape index (κ1) is 16.4. The van der Waals surface area contributed by atoms with Gasteiger partial charge < -0.3 is 10.4 Å². The fraction of sp³-hybridized carbons (Fsp3) is 0.929. The molecule has 0 fully saturated rings. The molecule has 0 rings (SSSR count). The van der Waals surface area contributed by atoms with Crippen molar-refractivity contribution in [3.63, 3.8) is 0 Å². The summed E-state index contributed by atoms with van der Waals surface area (Å²) in [5, 5.41) is 11.6. The Balaban J connectivity index is 4.79. The second kappa shape index (κ2) is 6.39. The van der Waals surface area contributed by atoms with Gasteiger partial charge in [0, 0.05) is 12.5 Å². The van der Waals surface area contributed by atoms with E-state index >= 15 is 0 Å². The van der Waals surface area contributed by atoms with Crippen LogP contribution in [-0.2, 0) is 4.79 Å². The SMILES string of the molecule is CCC(C)(C)C(CC(C)(C)C)C(=O)NCCO. The fourth-order valence-corrected chi connectivity index (χ4v) is 1.88. The highest BCUT2D eigenvalue weighted by Crippen LogP contribution is 2.38. The molecule has 0 aliphatic heterocycles. The molecule has 17 heavy (non-hydrogen) atoms. The number of hydrogen-bond donors (Lipinski definition) is 2. The predicted molar refractivity (Wildman–Crippen MR) is 71.7 cm³/mol. The molecular weight excluding hydrogens is 214 g/mol. The topological polar surface area (TPSA) is 49.3 Å². The Morgan fingerprint density at radius 2 is 1.76 bits per heavy atom. The Labute approximate surface area is 106 Å². The average molecular weight is 243 g/mol. The second-order valence-corrected chi connectivity index (χ2v) is 6.67. The van der Waals surface area contributed by atoms with Crippen LogP contribution in [0.5, 0.6) is 0 Å². The monoisotopic (exact) mass is 243 g/mol. The first-order valence-electron chi connectivity index (χ1n) is 6.52. The lowest BCUT2D eigenvalue weighted by atomic mass is 9.69. The molecule has 0 aliphatic rings. The van der Waals surface area contributed by atoms with Crippen molar-refractivity contribution in [2.24, 2.45) is 16.7 Å². The smallest absolute Gasteiger partial charge is 0.223 e. The number of aliphatic hydroxyl groups excluding tert-OH is 1. The van der Waals surface area contributed by atoms with Crippen molar-refractivity contribution in [3.05, 3.63) is 0 Å². The zero-order valence-electron chi connectivity index (χ0n) is 12.3. The van der Waals surface area contributed by atoms with Gasteiger partial charge in [0.15, 0.2) is 0 Å². The molecule has 0 aliphatic carbocycles. The average Bonchev–Trinajstić information content (AvgIpc) is 2.21. The molecule has 0 heterocycles. The zero-order valence-corrected chi connectivity index (χ0v) is 12.3. The minimum absolute atomic E-state index is 0.000527. The molecule has 0 saturated heterocycles. The summed E-state index contributed by atoms with van der Waals surface area (Å²) in [5.41, 5.74) is 0.125. The first-order chi connectivity index (χ1) is 7.64. The summed E-state index contributed by atoms with van der Waals surface area (Å²) < 4.78 is 0. The summed E-state index contributed by atoms with van der Waals surface area (Å²) in [5.74, 6) is 0.0693. The van der Waals surface area contributed by atoms with Gasteiger partial charge in [0.25, 0.3) is 0 Å². The molecule has 0 saturated carbocycles. The van der Waals surface area contributed by atoms with Crippen LogP contribution in [0.3, 0.4) is 0 Å². The molecule has 0 aromatic rings. The van der Waals surface area contributed by atoms with E-state index in [1.54, 1.807) is 0 Å². The van der Waals surface area contributed by atoms with Crippen LogP contribution in [0.15, 0.2) is 0 Å². The van der Waals surface area contributed by atoms with Gasteiger partial charge in [0.2, 0.25) is 5.91 Å². The van der Waals surface area contributed by atoms with Gasteiger partial charge in [0.05, 0.1) is 6.61 Å². The van der Waals surface area contributed by atoms with E-state index in [4.69, 9.17) is 5.11 Å². The molecule has 1 amide bonds. The summed E-state index contributed by atoms with van der Waals surface area (Å²) in [6.07, 6.45) is 1.84. The maximum Gasteiger partial charge on any atom is 0.223 e. The lowest BCUT2D eigenvalue weighted by molar-refractivity contribution is -0.130. The highest BCUT2D eigenvalue weighted by molar-refractivity contribution is 5.79. The first-order valence-corrected chi connectivity index (χ1v) is 6.52. The standard InChI is InChI=1S/C14H29NO2/c1-7-14(5,6)11(10-13(2,3)4)12(17)15-8-9-16/h11,16H,7-10H2,1-6H3,(H,15,17). The number of carbonyl (C=O) groups is 1. The molecule has 1 atom stereocenters. The lowest BCUT2D eigenvalue weighted by Gasteiger charge is -2.36. The van der Waals surface area contributed by atoms with Gasteiger partial charge in [-0.2, -0.15) is 0 Å². The molecule has 0 aromatic carbocycles. The third kappa shape index (κ3) is 6.06. The number of amides is 1. The highest BCUT2D eigenvalue weighted by Gasteiger charge is 2.36. The van der Waals surface area contributed by atoms with Crippen molar-refractivity contribution in [2.45, 2.75) is 54.4 Å². The van der Waals surface area contributed by atoms with Crippen LogP contribution in [-0.4, -0.2) is 24.2 Å². The molecule has 2 N–H and O–H groups in total. The normalized spacial score (nSPS) is 14.5. The zero-order chi connectivity index (χ0) is 13.7. The Bertz CT molecular complexity index is 241. The van der Waals surface area contributed by atoms with E-state index in [0.717, 1.165) is 12.8 Å². The number of rotatable bonds is 6. The number of nitrogens with one attached hydrogen (secondary N) is 1. The van der Waals surface area contributed by atoms with Crippen molar-refractivity contribution in [1.82, 2.24) is 5.32 Å². The molecular formula is C14H29NO2. The maximum absolute atomic E-state index is 12.2. The van der Waals surface area contributed by atoms with E-state index < -0.39 is 0 Å². The quantitative estimate of drug-likeness (QED) is 0.753. The van der Waals surface area contributed by atoms with Crippen LogP contribution in [0, 0.1) is 16.7 Å². The third-order valence-electron chi connectivity index (χ3n) is 3.40. The van der Waals surface area contributed by atoms with Gasteiger partial charge in [-0.15, -0.1) is 0 Å². The van der Waals surface area contributed by atoms with Gasteiger partial charge in [0.1, 0.15) is 0 Å². The van der Waals surface area contributed by atoms with Crippen LogP contribution in [0.1, 0.15) is 54.4 Å². The largest absolute Gasteiger partial charge is 0.395 e. The molecule has 3 heteroatoms. The molecule has 0 spiro atoms. The Morgan fingerprint density at radius 3 is 2.12 bits per heavy atom. The molecule has 0 bridgehead atoms. The minimum atomic E-state index is -0.00712. The molecule has 0 radical (unpaired) electrons. The van der Waals surface area contributed by atoms with Crippen LogP contribution >= 0.6 is 0 Å². The Kier molecular flexibility index (Phi) is 6.17. The van der Waals surface area contributed by atoms with Gasteiger partial charge in [-0.1, -0.05) is 48.0 Å². The van der Waals surface area contributed by atoms with Gasteiger partial charge in [-0.3, -0.25) is 4.79 Å². The van der Waals surface area contributed by atoms with E-state index in [1.165, 1.54) is 0 Å². The van der Waals surface area contributed by atoms with Crippen molar-refractivity contribution < 1.29 is 9.90 Å². The molecule has 0 aromatic heterocycles. The van der Waals surface area contributed by atoms with E-state index in [0.29, 0.717) is 6.54 Å². The van der Waals surface area contributed by atoms with E-state index in [1.807, 2.05) is 0 Å². The third-order valence-corrected chi connectivity index (χ3v) is 3.40.